The Morgan fingerprint density at radius 2 is 1.55 bits per heavy atom. The van der Waals surface area contributed by atoms with Gasteiger partial charge in [-0.2, -0.15) is 0 Å². The quantitative estimate of drug-likeness (QED) is 0.827. The summed E-state index contributed by atoms with van der Waals surface area (Å²) >= 11 is 0. The lowest BCUT2D eigenvalue weighted by molar-refractivity contribution is -0.0466. The highest BCUT2D eigenvalue weighted by atomic mass is 14.6. The van der Waals surface area contributed by atoms with Crippen LogP contribution in [-0.4, -0.2) is 6.54 Å². The van der Waals surface area contributed by atoms with Crippen LogP contribution in [0.1, 0.15) is 43.6 Å². The van der Waals surface area contributed by atoms with E-state index in [4.69, 9.17) is 11.5 Å². The summed E-state index contributed by atoms with van der Waals surface area (Å²) in [5.74, 6) is 5.16. The van der Waals surface area contributed by atoms with Gasteiger partial charge in [-0.15, -0.1) is 0 Å². The van der Waals surface area contributed by atoms with Crippen LogP contribution in [0.3, 0.4) is 0 Å². The fraction of sp³-hybridized carbons (Fsp3) is 0.667. The van der Waals surface area contributed by atoms with E-state index in [1.165, 1.54) is 37.7 Å². The molecule has 1 unspecified atom stereocenters. The molecule has 0 spiro atoms. The summed E-state index contributed by atoms with van der Waals surface area (Å²) in [6.45, 7) is 0.751. The van der Waals surface area contributed by atoms with Crippen molar-refractivity contribution in [3.63, 3.8) is 0 Å². The van der Waals surface area contributed by atoms with Gasteiger partial charge in [0.1, 0.15) is 0 Å². The number of anilines is 1. The highest BCUT2D eigenvalue weighted by Gasteiger charge is 2.50. The van der Waals surface area contributed by atoms with Crippen molar-refractivity contribution in [3.8, 4) is 0 Å². The topological polar surface area (TPSA) is 52.0 Å². The van der Waals surface area contributed by atoms with Crippen LogP contribution < -0.4 is 11.5 Å². The zero-order chi connectivity index (χ0) is 13.7. The Morgan fingerprint density at radius 1 is 0.950 bits per heavy atom. The van der Waals surface area contributed by atoms with E-state index in [1.807, 2.05) is 12.1 Å². The standard InChI is InChI=1S/C18H26N2/c19-10-16(15-3-1-2-4-17(15)20)18-13-6-11-5-12(8-13)9-14(18)7-11/h1-4,11-14,16,18H,5-10,19-20H2. The molecule has 5 rings (SSSR count). The number of benzene rings is 1. The summed E-state index contributed by atoms with van der Waals surface area (Å²) in [7, 11) is 0. The van der Waals surface area contributed by atoms with E-state index in [9.17, 15) is 0 Å². The Labute approximate surface area is 121 Å². The highest BCUT2D eigenvalue weighted by Crippen LogP contribution is 2.59. The van der Waals surface area contributed by atoms with Crippen LogP contribution in [-0.2, 0) is 0 Å². The molecule has 1 aromatic rings. The molecule has 4 aliphatic rings. The Morgan fingerprint density at radius 3 is 2.10 bits per heavy atom. The molecule has 20 heavy (non-hydrogen) atoms. The van der Waals surface area contributed by atoms with E-state index in [-0.39, 0.29) is 0 Å². The van der Waals surface area contributed by atoms with E-state index >= 15 is 0 Å². The Kier molecular flexibility index (Phi) is 3.03. The van der Waals surface area contributed by atoms with Crippen molar-refractivity contribution in [2.45, 2.75) is 38.0 Å². The van der Waals surface area contributed by atoms with Crippen molar-refractivity contribution in [2.75, 3.05) is 12.3 Å². The van der Waals surface area contributed by atoms with Gasteiger partial charge in [-0.3, -0.25) is 0 Å². The number of hydrogen-bond acceptors (Lipinski definition) is 2. The Balaban J connectivity index is 1.67. The molecule has 2 heteroatoms. The third-order valence-corrected chi connectivity index (χ3v) is 6.41. The number of hydrogen-bond donors (Lipinski definition) is 2. The molecule has 0 aromatic heterocycles. The van der Waals surface area contributed by atoms with Crippen molar-refractivity contribution >= 4 is 5.69 Å². The van der Waals surface area contributed by atoms with Crippen LogP contribution >= 0.6 is 0 Å². The minimum absolute atomic E-state index is 0.478. The monoisotopic (exact) mass is 270 g/mol. The molecule has 0 radical (unpaired) electrons. The highest BCUT2D eigenvalue weighted by molar-refractivity contribution is 5.49. The number of para-hydroxylation sites is 1. The van der Waals surface area contributed by atoms with Crippen LogP contribution in [0.25, 0.3) is 0 Å². The van der Waals surface area contributed by atoms with E-state index in [1.54, 1.807) is 0 Å². The molecule has 4 N–H and O–H groups in total. The Hall–Kier alpha value is -1.02. The molecule has 0 aliphatic heterocycles. The minimum Gasteiger partial charge on any atom is -0.398 e. The molecular weight excluding hydrogens is 244 g/mol. The molecule has 1 atom stereocenters. The predicted molar refractivity (Wildman–Crippen MR) is 83.2 cm³/mol. The molecule has 4 saturated carbocycles. The van der Waals surface area contributed by atoms with E-state index in [0.29, 0.717) is 5.92 Å². The van der Waals surface area contributed by atoms with Crippen molar-refractivity contribution < 1.29 is 0 Å². The minimum atomic E-state index is 0.478. The van der Waals surface area contributed by atoms with Crippen LogP contribution in [0, 0.1) is 29.6 Å². The summed E-state index contributed by atoms with van der Waals surface area (Å²) in [5, 5.41) is 0. The van der Waals surface area contributed by atoms with Gasteiger partial charge in [0.25, 0.3) is 0 Å². The Bertz CT molecular complexity index is 468. The van der Waals surface area contributed by atoms with Gasteiger partial charge < -0.3 is 11.5 Å². The summed E-state index contributed by atoms with van der Waals surface area (Å²) < 4.78 is 0. The second-order valence-electron chi connectivity index (χ2n) is 7.48. The molecule has 4 bridgehead atoms. The first-order chi connectivity index (χ1) is 9.76. The normalized spacial score (nSPS) is 40.0. The van der Waals surface area contributed by atoms with Gasteiger partial charge in [-0.1, -0.05) is 18.2 Å². The first kappa shape index (κ1) is 12.7. The van der Waals surface area contributed by atoms with Crippen LogP contribution in [0.15, 0.2) is 24.3 Å². The fourth-order valence-corrected chi connectivity index (χ4v) is 5.96. The van der Waals surface area contributed by atoms with Gasteiger partial charge in [-0.05, 0) is 79.9 Å². The molecule has 2 nitrogen and oxygen atoms in total. The third-order valence-electron chi connectivity index (χ3n) is 6.41. The number of nitrogen functional groups attached to an aromatic ring is 1. The van der Waals surface area contributed by atoms with Gasteiger partial charge in [-0.25, -0.2) is 0 Å². The predicted octanol–water partition coefficient (Wildman–Crippen LogP) is 3.38. The third kappa shape index (κ3) is 1.88. The summed E-state index contributed by atoms with van der Waals surface area (Å²) in [5.41, 5.74) is 14.7. The number of rotatable bonds is 3. The molecule has 108 valence electrons. The molecular formula is C18H26N2. The van der Waals surface area contributed by atoms with Gasteiger partial charge in [0.2, 0.25) is 0 Å². The maximum Gasteiger partial charge on any atom is 0.0350 e. The van der Waals surface area contributed by atoms with Crippen molar-refractivity contribution in [3.05, 3.63) is 29.8 Å². The van der Waals surface area contributed by atoms with E-state index < -0.39 is 0 Å². The maximum absolute atomic E-state index is 6.23. The fourth-order valence-electron chi connectivity index (χ4n) is 5.96. The van der Waals surface area contributed by atoms with E-state index in [0.717, 1.165) is 41.8 Å². The average Bonchev–Trinajstić information content (AvgIpc) is 2.43. The van der Waals surface area contributed by atoms with Crippen molar-refractivity contribution in [1.82, 2.24) is 0 Å². The molecule has 0 saturated heterocycles. The first-order valence-corrected chi connectivity index (χ1v) is 8.30. The molecule has 4 aliphatic carbocycles. The first-order valence-electron chi connectivity index (χ1n) is 8.30. The molecule has 1 aromatic carbocycles. The van der Waals surface area contributed by atoms with Gasteiger partial charge >= 0.3 is 0 Å². The average molecular weight is 270 g/mol. The van der Waals surface area contributed by atoms with Crippen LogP contribution in [0.4, 0.5) is 5.69 Å². The van der Waals surface area contributed by atoms with Gasteiger partial charge in [0, 0.05) is 11.6 Å². The zero-order valence-electron chi connectivity index (χ0n) is 12.2. The van der Waals surface area contributed by atoms with Crippen molar-refractivity contribution in [2.24, 2.45) is 35.3 Å². The van der Waals surface area contributed by atoms with Gasteiger partial charge in [0.05, 0.1) is 0 Å². The summed E-state index contributed by atoms with van der Waals surface area (Å²) in [4.78, 5) is 0. The van der Waals surface area contributed by atoms with E-state index in [2.05, 4.69) is 12.1 Å². The second-order valence-corrected chi connectivity index (χ2v) is 7.48. The maximum atomic E-state index is 6.23. The van der Waals surface area contributed by atoms with Crippen LogP contribution in [0.5, 0.6) is 0 Å². The lowest BCUT2D eigenvalue weighted by Crippen LogP contribution is -2.48. The van der Waals surface area contributed by atoms with Crippen molar-refractivity contribution in [1.29, 1.82) is 0 Å². The summed E-state index contributed by atoms with van der Waals surface area (Å²) in [6.07, 6.45) is 7.35. The van der Waals surface area contributed by atoms with Gasteiger partial charge in [0.15, 0.2) is 0 Å². The zero-order valence-corrected chi connectivity index (χ0v) is 12.2. The second kappa shape index (κ2) is 4.77. The lowest BCUT2D eigenvalue weighted by Gasteiger charge is -2.56. The molecule has 0 amide bonds. The number of nitrogens with two attached hydrogens (primary N) is 2. The van der Waals surface area contributed by atoms with Crippen LogP contribution in [0.2, 0.25) is 0 Å². The summed E-state index contributed by atoms with van der Waals surface area (Å²) in [6, 6.07) is 8.39. The lowest BCUT2D eigenvalue weighted by atomic mass is 9.49. The molecule has 4 fully saturated rings. The molecule has 0 heterocycles. The smallest absolute Gasteiger partial charge is 0.0350 e. The largest absolute Gasteiger partial charge is 0.398 e. The SMILES string of the molecule is NCC(c1ccccc1N)C1C2CC3CC(C2)CC1C3.